The minimum Gasteiger partial charge on any atom is -0.311 e. The molecule has 0 atom stereocenters. The maximum Gasteiger partial charge on any atom is 0.0462 e. The van der Waals surface area contributed by atoms with Crippen LogP contribution in [0.5, 0.6) is 0 Å². The second-order valence-electron chi connectivity index (χ2n) is 14.1. The highest BCUT2D eigenvalue weighted by Gasteiger charge is 2.14. The molecule has 0 spiro atoms. The zero-order chi connectivity index (χ0) is 38.1. The van der Waals surface area contributed by atoms with E-state index in [1.807, 2.05) is 0 Å². The Bertz CT molecular complexity index is 2330. The van der Waals surface area contributed by atoms with Gasteiger partial charge in [0.25, 0.3) is 0 Å². The Morgan fingerprint density at radius 3 is 0.768 bits per heavy atom. The van der Waals surface area contributed by atoms with E-state index < -0.39 is 0 Å². The van der Waals surface area contributed by atoms with E-state index in [-0.39, 0.29) is 0 Å². The largest absolute Gasteiger partial charge is 0.311 e. The lowest BCUT2D eigenvalue weighted by molar-refractivity contribution is 1.28. The van der Waals surface area contributed by atoms with E-state index >= 15 is 0 Å². The summed E-state index contributed by atoms with van der Waals surface area (Å²) >= 11 is 0. The summed E-state index contributed by atoms with van der Waals surface area (Å²) in [5, 5.41) is 0. The van der Waals surface area contributed by atoms with E-state index in [0.29, 0.717) is 0 Å². The molecule has 8 rings (SSSR count). The first kappa shape index (κ1) is 35.8. The summed E-state index contributed by atoms with van der Waals surface area (Å²) in [6.45, 7) is 4.23. The van der Waals surface area contributed by atoms with Crippen LogP contribution in [0, 0.1) is 13.8 Å². The lowest BCUT2D eigenvalue weighted by Gasteiger charge is -2.26. The minimum absolute atomic E-state index is 1.10. The van der Waals surface area contributed by atoms with Crippen molar-refractivity contribution in [1.29, 1.82) is 0 Å². The van der Waals surface area contributed by atoms with Crippen LogP contribution >= 0.6 is 0 Å². The molecular formula is C54H44N2. The molecule has 0 aromatic heterocycles. The molecule has 0 saturated carbocycles. The van der Waals surface area contributed by atoms with Crippen molar-refractivity contribution < 1.29 is 0 Å². The first-order chi connectivity index (χ1) is 27.6. The summed E-state index contributed by atoms with van der Waals surface area (Å²) in [5.41, 5.74) is 16.2. The molecule has 0 radical (unpaired) electrons. The van der Waals surface area contributed by atoms with Crippen LogP contribution in [-0.2, 0) is 0 Å². The van der Waals surface area contributed by atoms with Gasteiger partial charge < -0.3 is 9.80 Å². The summed E-state index contributed by atoms with van der Waals surface area (Å²) in [7, 11) is 0. The second kappa shape index (κ2) is 16.9. The predicted molar refractivity (Wildman–Crippen MR) is 241 cm³/mol. The molecule has 8 aromatic carbocycles. The minimum atomic E-state index is 1.10. The topological polar surface area (TPSA) is 6.48 Å². The Kier molecular flexibility index (Phi) is 10.8. The predicted octanol–water partition coefficient (Wildman–Crippen LogP) is 15.3. The third-order valence-corrected chi connectivity index (χ3v) is 10.0. The molecule has 0 bridgehead atoms. The molecule has 0 aliphatic rings. The van der Waals surface area contributed by atoms with Gasteiger partial charge in [-0.2, -0.15) is 0 Å². The van der Waals surface area contributed by atoms with Crippen molar-refractivity contribution in [2.24, 2.45) is 0 Å². The second-order valence-corrected chi connectivity index (χ2v) is 14.1. The van der Waals surface area contributed by atoms with Crippen molar-refractivity contribution in [2.75, 3.05) is 9.80 Å². The number of hydrogen-bond donors (Lipinski definition) is 0. The average molecular weight is 721 g/mol. The van der Waals surface area contributed by atoms with Crippen LogP contribution in [-0.4, -0.2) is 0 Å². The third-order valence-electron chi connectivity index (χ3n) is 10.0. The molecule has 0 N–H and O–H groups in total. The first-order valence-corrected chi connectivity index (χ1v) is 19.2. The maximum absolute atomic E-state index is 2.31. The highest BCUT2D eigenvalue weighted by Crippen LogP contribution is 2.38. The van der Waals surface area contributed by atoms with Gasteiger partial charge in [0.2, 0.25) is 0 Å². The Balaban J connectivity index is 1.02. The van der Waals surface area contributed by atoms with Gasteiger partial charge in [0.15, 0.2) is 0 Å². The van der Waals surface area contributed by atoms with E-state index in [1.165, 1.54) is 33.4 Å². The standard InChI is InChI=1S/C54H44N2/c1-41-13-17-43(18-14-41)21-23-45-25-33-51(34-26-45)55(49-9-5-3-6-10-49)53-37-29-47(30-38-53)48-31-39-54(40-32-48)56(50-11-7-4-8-12-50)52-35-27-46(28-36-52)24-22-44-19-15-42(2)16-20-44/h3-40H,1-2H3. The van der Waals surface area contributed by atoms with Crippen LogP contribution in [0.25, 0.3) is 35.4 Å². The molecule has 0 unspecified atom stereocenters. The lowest BCUT2D eigenvalue weighted by atomic mass is 10.0. The number of benzene rings is 8. The van der Waals surface area contributed by atoms with E-state index in [0.717, 1.165) is 45.3 Å². The monoisotopic (exact) mass is 720 g/mol. The fourth-order valence-electron chi connectivity index (χ4n) is 6.86. The molecule has 270 valence electrons. The summed E-state index contributed by atoms with van der Waals surface area (Å²) in [6.07, 6.45) is 8.67. The molecule has 8 aromatic rings. The average Bonchev–Trinajstić information content (AvgIpc) is 3.26. The van der Waals surface area contributed by atoms with Crippen molar-refractivity contribution in [3.8, 4) is 11.1 Å². The molecule has 2 nitrogen and oxygen atoms in total. The quantitative estimate of drug-likeness (QED) is 0.123. The van der Waals surface area contributed by atoms with Crippen LogP contribution in [0.2, 0.25) is 0 Å². The summed E-state index contributed by atoms with van der Waals surface area (Å²) in [5.74, 6) is 0. The number of anilines is 6. The van der Waals surface area contributed by atoms with E-state index in [9.17, 15) is 0 Å². The molecule has 0 heterocycles. The number of aryl methyl sites for hydroxylation is 2. The fourth-order valence-corrected chi connectivity index (χ4v) is 6.86. The van der Waals surface area contributed by atoms with Gasteiger partial charge in [0, 0.05) is 34.1 Å². The van der Waals surface area contributed by atoms with Gasteiger partial charge in [0.05, 0.1) is 0 Å². The Morgan fingerprint density at radius 2 is 0.482 bits per heavy atom. The van der Waals surface area contributed by atoms with E-state index in [1.54, 1.807) is 0 Å². The summed E-state index contributed by atoms with van der Waals surface area (Å²) in [6, 6.07) is 73.6. The zero-order valence-corrected chi connectivity index (χ0v) is 31.8. The van der Waals surface area contributed by atoms with Gasteiger partial charge in [-0.3, -0.25) is 0 Å². The number of para-hydroxylation sites is 2. The molecule has 0 aliphatic carbocycles. The Hall–Kier alpha value is -7.16. The molecule has 0 amide bonds. The molecule has 0 saturated heterocycles. The van der Waals surface area contributed by atoms with Crippen LogP contribution < -0.4 is 9.80 Å². The van der Waals surface area contributed by atoms with Gasteiger partial charge >= 0.3 is 0 Å². The lowest BCUT2D eigenvalue weighted by Crippen LogP contribution is -2.10. The van der Waals surface area contributed by atoms with Crippen molar-refractivity contribution in [2.45, 2.75) is 13.8 Å². The smallest absolute Gasteiger partial charge is 0.0462 e. The normalized spacial score (nSPS) is 11.2. The van der Waals surface area contributed by atoms with Crippen molar-refractivity contribution >= 4 is 58.4 Å². The molecule has 56 heavy (non-hydrogen) atoms. The van der Waals surface area contributed by atoms with Crippen molar-refractivity contribution in [3.05, 3.63) is 240 Å². The SMILES string of the molecule is Cc1ccc(C=Cc2ccc(N(c3ccccc3)c3ccc(-c4ccc(N(c5ccccc5)c5ccc(C=Cc6ccc(C)cc6)cc5)cc4)cc3)cc2)cc1. The fraction of sp³-hybridized carbons (Fsp3) is 0.0370. The van der Waals surface area contributed by atoms with Crippen molar-refractivity contribution in [3.63, 3.8) is 0 Å². The van der Waals surface area contributed by atoms with Crippen molar-refractivity contribution in [1.82, 2.24) is 0 Å². The summed E-state index contributed by atoms with van der Waals surface area (Å²) < 4.78 is 0. The summed E-state index contributed by atoms with van der Waals surface area (Å²) in [4.78, 5) is 4.61. The Morgan fingerprint density at radius 1 is 0.250 bits per heavy atom. The maximum atomic E-state index is 2.31. The van der Waals surface area contributed by atoms with Gasteiger partial charge in [0.1, 0.15) is 0 Å². The number of nitrogens with zero attached hydrogens (tertiary/aromatic N) is 2. The Labute approximate surface area is 331 Å². The van der Waals surface area contributed by atoms with Crippen LogP contribution in [0.15, 0.2) is 206 Å². The number of hydrogen-bond acceptors (Lipinski definition) is 2. The van der Waals surface area contributed by atoms with Crippen LogP contribution in [0.1, 0.15) is 33.4 Å². The molecular weight excluding hydrogens is 677 g/mol. The van der Waals surface area contributed by atoms with Gasteiger partial charge in [-0.25, -0.2) is 0 Å². The van der Waals surface area contributed by atoms with Gasteiger partial charge in [-0.05, 0) is 120 Å². The van der Waals surface area contributed by atoms with Gasteiger partial charge in [-0.15, -0.1) is 0 Å². The van der Waals surface area contributed by atoms with E-state index in [4.69, 9.17) is 0 Å². The highest BCUT2D eigenvalue weighted by atomic mass is 15.1. The molecule has 2 heteroatoms. The molecule has 0 fully saturated rings. The third kappa shape index (κ3) is 8.62. The van der Waals surface area contributed by atoms with Crippen LogP contribution in [0.4, 0.5) is 34.1 Å². The number of rotatable bonds is 11. The molecule has 0 aliphatic heterocycles. The zero-order valence-electron chi connectivity index (χ0n) is 31.8. The van der Waals surface area contributed by atoms with E-state index in [2.05, 4.69) is 254 Å². The first-order valence-electron chi connectivity index (χ1n) is 19.2. The van der Waals surface area contributed by atoms with Crippen LogP contribution in [0.3, 0.4) is 0 Å². The highest BCUT2D eigenvalue weighted by molar-refractivity contribution is 5.82. The van der Waals surface area contributed by atoms with Gasteiger partial charge in [-0.1, -0.05) is 169 Å².